The summed E-state index contributed by atoms with van der Waals surface area (Å²) in [6.45, 7) is 5.44. The molecule has 2 aromatic carbocycles. The molecule has 8 heteroatoms. The number of hydrogen-bond donors (Lipinski definition) is 1. The molecule has 33 heavy (non-hydrogen) atoms. The number of carbonyl (C=O) groups is 1. The molecule has 1 N–H and O–H groups in total. The second kappa shape index (κ2) is 8.92. The van der Waals surface area contributed by atoms with Crippen LogP contribution in [0.1, 0.15) is 34.6 Å². The lowest BCUT2D eigenvalue weighted by Crippen LogP contribution is -2.49. The molecule has 1 fully saturated rings. The average Bonchev–Trinajstić information content (AvgIpc) is 3.26. The molecule has 0 radical (unpaired) electrons. The highest BCUT2D eigenvalue weighted by atomic mass is 35.5. The fourth-order valence-electron chi connectivity index (χ4n) is 4.44. The summed E-state index contributed by atoms with van der Waals surface area (Å²) in [7, 11) is 0. The fourth-order valence-corrected chi connectivity index (χ4v) is 4.72. The maximum Gasteiger partial charge on any atom is 0.259 e. The van der Waals surface area contributed by atoms with E-state index in [1.807, 2.05) is 42.2 Å². The molecule has 1 amide bonds. The fraction of sp³-hybridized carbons (Fsp3) is 0.280. The van der Waals surface area contributed by atoms with E-state index < -0.39 is 0 Å². The molecule has 1 unspecified atom stereocenters. The summed E-state index contributed by atoms with van der Waals surface area (Å²) in [6.07, 6.45) is 3.65. The van der Waals surface area contributed by atoms with Gasteiger partial charge in [0.05, 0.1) is 6.04 Å². The summed E-state index contributed by atoms with van der Waals surface area (Å²) in [5.41, 5.74) is 2.34. The van der Waals surface area contributed by atoms with Crippen molar-refractivity contribution in [1.29, 1.82) is 0 Å². The van der Waals surface area contributed by atoms with E-state index in [4.69, 9.17) is 16.1 Å². The number of rotatable bonds is 4. The molecule has 168 valence electrons. The van der Waals surface area contributed by atoms with Crippen molar-refractivity contribution in [2.24, 2.45) is 0 Å². The van der Waals surface area contributed by atoms with Crippen LogP contribution >= 0.6 is 11.6 Å². The SMILES string of the molecule is Cc1noc(-c2ccc(C(=O)N(c3nccc4cc(Cl)cc(C)c34)C3CCCNC3)cc2)n1. The summed E-state index contributed by atoms with van der Waals surface area (Å²) < 4.78 is 5.25. The van der Waals surface area contributed by atoms with E-state index in [9.17, 15) is 4.79 Å². The molecule has 1 aliphatic heterocycles. The van der Waals surface area contributed by atoms with E-state index in [0.29, 0.717) is 28.1 Å². The second-order valence-corrected chi connectivity index (χ2v) is 8.79. The molecule has 0 bridgehead atoms. The number of nitrogens with zero attached hydrogens (tertiary/aromatic N) is 4. The first-order chi connectivity index (χ1) is 16.0. The number of nitrogens with one attached hydrogen (secondary N) is 1. The molecule has 0 saturated carbocycles. The first-order valence-electron chi connectivity index (χ1n) is 11.0. The number of carbonyl (C=O) groups excluding carboxylic acids is 1. The number of amides is 1. The Hall–Kier alpha value is -3.29. The molecule has 3 heterocycles. The zero-order valence-corrected chi connectivity index (χ0v) is 19.3. The van der Waals surface area contributed by atoms with Gasteiger partial charge in [-0.05, 0) is 86.6 Å². The number of aromatic nitrogens is 3. The molecule has 5 rings (SSSR count). The topological polar surface area (TPSA) is 84.2 Å². The molecule has 0 aliphatic carbocycles. The van der Waals surface area contributed by atoms with Crippen LogP contribution < -0.4 is 10.2 Å². The maximum absolute atomic E-state index is 13.9. The van der Waals surface area contributed by atoms with E-state index >= 15 is 0 Å². The van der Waals surface area contributed by atoms with Crippen LogP contribution in [0.15, 0.2) is 53.2 Å². The highest BCUT2D eigenvalue weighted by Crippen LogP contribution is 2.33. The van der Waals surface area contributed by atoms with E-state index in [1.54, 1.807) is 25.3 Å². The minimum absolute atomic E-state index is 0.00213. The quantitative estimate of drug-likeness (QED) is 0.462. The monoisotopic (exact) mass is 461 g/mol. The van der Waals surface area contributed by atoms with Gasteiger partial charge in [0.25, 0.3) is 11.8 Å². The Balaban J connectivity index is 1.58. The third-order valence-electron chi connectivity index (χ3n) is 5.99. The number of aryl methyl sites for hydroxylation is 2. The van der Waals surface area contributed by atoms with Crippen LogP contribution in [0.3, 0.4) is 0 Å². The lowest BCUT2D eigenvalue weighted by molar-refractivity contribution is 0.0972. The Kier molecular flexibility index (Phi) is 5.83. The van der Waals surface area contributed by atoms with Gasteiger partial charge in [-0.1, -0.05) is 16.8 Å². The highest BCUT2D eigenvalue weighted by Gasteiger charge is 2.30. The molecule has 1 saturated heterocycles. The van der Waals surface area contributed by atoms with Crippen LogP contribution in [-0.2, 0) is 0 Å². The van der Waals surface area contributed by atoms with Crippen molar-refractivity contribution in [2.75, 3.05) is 18.0 Å². The van der Waals surface area contributed by atoms with Crippen LogP contribution in [0.5, 0.6) is 0 Å². The number of hydrogen-bond acceptors (Lipinski definition) is 6. The van der Waals surface area contributed by atoms with Gasteiger partial charge in [-0.3, -0.25) is 9.69 Å². The number of benzene rings is 2. The Bertz CT molecular complexity index is 1310. The Morgan fingerprint density at radius 3 is 2.70 bits per heavy atom. The van der Waals surface area contributed by atoms with Gasteiger partial charge in [0.1, 0.15) is 5.82 Å². The van der Waals surface area contributed by atoms with Crippen molar-refractivity contribution in [1.82, 2.24) is 20.4 Å². The summed E-state index contributed by atoms with van der Waals surface area (Å²) in [5, 5.41) is 9.84. The third kappa shape index (κ3) is 4.21. The molecule has 4 aromatic rings. The largest absolute Gasteiger partial charge is 0.334 e. The lowest BCUT2D eigenvalue weighted by atomic mass is 10.0. The first kappa shape index (κ1) is 21.6. The Morgan fingerprint density at radius 1 is 1.18 bits per heavy atom. The van der Waals surface area contributed by atoms with Crippen molar-refractivity contribution in [3.05, 3.63) is 70.6 Å². The molecule has 1 aliphatic rings. The second-order valence-electron chi connectivity index (χ2n) is 8.35. The minimum Gasteiger partial charge on any atom is -0.334 e. The number of fused-ring (bicyclic) bond motifs is 1. The Morgan fingerprint density at radius 2 is 2.00 bits per heavy atom. The van der Waals surface area contributed by atoms with Gasteiger partial charge < -0.3 is 9.84 Å². The van der Waals surface area contributed by atoms with Gasteiger partial charge in [-0.25, -0.2) is 4.98 Å². The van der Waals surface area contributed by atoms with Crippen LogP contribution in [0.25, 0.3) is 22.2 Å². The molecule has 2 aromatic heterocycles. The van der Waals surface area contributed by atoms with Gasteiger partial charge >= 0.3 is 0 Å². The molecule has 7 nitrogen and oxygen atoms in total. The van der Waals surface area contributed by atoms with Crippen LogP contribution in [-0.4, -0.2) is 40.2 Å². The standard InChI is InChI=1S/C25H24ClN5O2/c1-15-12-20(26)13-19-9-11-28-23(22(15)19)31(21-4-3-10-27-14-21)25(32)18-7-5-17(6-8-18)24-29-16(2)30-33-24/h5-9,11-13,21,27H,3-4,10,14H2,1-2H3. The third-order valence-corrected chi connectivity index (χ3v) is 6.21. The van der Waals surface area contributed by atoms with Crippen molar-refractivity contribution in [3.63, 3.8) is 0 Å². The van der Waals surface area contributed by atoms with Gasteiger partial charge in [0, 0.05) is 34.3 Å². The number of halogens is 1. The molecular weight excluding hydrogens is 438 g/mol. The number of pyridine rings is 1. The highest BCUT2D eigenvalue weighted by molar-refractivity contribution is 6.31. The van der Waals surface area contributed by atoms with Gasteiger partial charge in [-0.15, -0.1) is 0 Å². The van der Waals surface area contributed by atoms with Crippen LogP contribution in [0, 0.1) is 13.8 Å². The average molecular weight is 462 g/mol. The first-order valence-corrected chi connectivity index (χ1v) is 11.4. The van der Waals surface area contributed by atoms with Gasteiger partial charge in [0.2, 0.25) is 0 Å². The number of anilines is 1. The van der Waals surface area contributed by atoms with Gasteiger partial charge in [-0.2, -0.15) is 4.98 Å². The van der Waals surface area contributed by atoms with E-state index in [1.165, 1.54) is 0 Å². The molecule has 0 spiro atoms. The van der Waals surface area contributed by atoms with E-state index in [2.05, 4.69) is 20.4 Å². The van der Waals surface area contributed by atoms with E-state index in [-0.39, 0.29) is 11.9 Å². The van der Waals surface area contributed by atoms with Crippen molar-refractivity contribution in [2.45, 2.75) is 32.7 Å². The smallest absolute Gasteiger partial charge is 0.259 e. The zero-order valence-electron chi connectivity index (χ0n) is 18.5. The van der Waals surface area contributed by atoms with Crippen molar-refractivity contribution < 1.29 is 9.32 Å². The van der Waals surface area contributed by atoms with Crippen LogP contribution in [0.4, 0.5) is 5.82 Å². The summed E-state index contributed by atoms with van der Waals surface area (Å²) >= 11 is 6.30. The predicted octanol–water partition coefficient (Wildman–Crippen LogP) is 4.95. The summed E-state index contributed by atoms with van der Waals surface area (Å²) in [4.78, 5) is 24.7. The van der Waals surface area contributed by atoms with Gasteiger partial charge in [0.15, 0.2) is 5.82 Å². The summed E-state index contributed by atoms with van der Waals surface area (Å²) in [5.74, 6) is 1.57. The summed E-state index contributed by atoms with van der Waals surface area (Å²) in [6, 6.07) is 13.0. The normalized spacial score (nSPS) is 16.2. The lowest BCUT2D eigenvalue weighted by Gasteiger charge is -2.35. The Labute approximate surface area is 196 Å². The zero-order chi connectivity index (χ0) is 22.9. The predicted molar refractivity (Wildman–Crippen MR) is 129 cm³/mol. The van der Waals surface area contributed by atoms with Crippen molar-refractivity contribution in [3.8, 4) is 11.5 Å². The van der Waals surface area contributed by atoms with Crippen LogP contribution in [0.2, 0.25) is 5.02 Å². The van der Waals surface area contributed by atoms with Crippen molar-refractivity contribution >= 4 is 34.1 Å². The molecule has 1 atom stereocenters. The minimum atomic E-state index is -0.0914. The van der Waals surface area contributed by atoms with E-state index in [0.717, 1.165) is 47.8 Å². The maximum atomic E-state index is 13.9. The number of piperidine rings is 1. The molecular formula is C25H24ClN5O2.